The van der Waals surface area contributed by atoms with Gasteiger partial charge in [-0.25, -0.2) is 9.97 Å². The van der Waals surface area contributed by atoms with E-state index in [1.807, 2.05) is 0 Å². The van der Waals surface area contributed by atoms with E-state index in [0.717, 1.165) is 49.8 Å². The first-order valence-electron chi connectivity index (χ1n) is 36.6. The van der Waals surface area contributed by atoms with Gasteiger partial charge in [0.1, 0.15) is 11.0 Å². The van der Waals surface area contributed by atoms with Crippen LogP contribution in [0, 0.1) is 0 Å². The number of benzene rings is 5. The summed E-state index contributed by atoms with van der Waals surface area (Å²) in [5, 5.41) is 0. The lowest BCUT2D eigenvalue weighted by Gasteiger charge is -2.33. The van der Waals surface area contributed by atoms with Crippen molar-refractivity contribution in [1.29, 1.82) is 0 Å². The van der Waals surface area contributed by atoms with Crippen molar-refractivity contribution in [3.8, 4) is 44.8 Å². The lowest BCUT2D eigenvalue weighted by Crippen LogP contribution is -2.25. The fourth-order valence-corrected chi connectivity index (χ4v) is 16.4. The Morgan fingerprint density at radius 2 is 0.523 bits per heavy atom. The second kappa shape index (κ2) is 37.5. The van der Waals surface area contributed by atoms with Gasteiger partial charge in [0, 0.05) is 30.9 Å². The van der Waals surface area contributed by atoms with Gasteiger partial charge in [-0.3, -0.25) is 0 Å². The van der Waals surface area contributed by atoms with Crippen LogP contribution in [-0.4, -0.2) is 9.97 Å². The van der Waals surface area contributed by atoms with Crippen LogP contribution in [0.1, 0.15) is 332 Å². The highest BCUT2D eigenvalue weighted by Gasteiger charge is 2.44. The minimum atomic E-state index is -0.0302. The van der Waals surface area contributed by atoms with Crippen molar-refractivity contribution in [3.05, 3.63) is 128 Å². The lowest BCUT2D eigenvalue weighted by atomic mass is 9.70. The van der Waals surface area contributed by atoms with Gasteiger partial charge in [-0.2, -0.15) is 0 Å². The number of aromatic nitrogens is 2. The van der Waals surface area contributed by atoms with Crippen LogP contribution in [0.15, 0.2) is 106 Å². The second-order valence-corrected chi connectivity index (χ2v) is 28.9. The minimum Gasteiger partial charge on any atom is -0.243 e. The van der Waals surface area contributed by atoms with Crippen molar-refractivity contribution in [2.75, 3.05) is 0 Å². The number of nitrogens with zero attached hydrogens (tertiary/aromatic N) is 2. The molecule has 1 heterocycles. The molecule has 0 fully saturated rings. The normalized spacial score (nSPS) is 13.6. The second-order valence-electron chi connectivity index (χ2n) is 27.2. The van der Waals surface area contributed by atoms with Crippen molar-refractivity contribution in [3.63, 3.8) is 0 Å². The van der Waals surface area contributed by atoms with Gasteiger partial charge in [0.05, 0.1) is 11.4 Å². The number of halogens is 2. The van der Waals surface area contributed by atoms with Crippen LogP contribution in [0.3, 0.4) is 0 Å². The van der Waals surface area contributed by atoms with Crippen LogP contribution in [0.4, 0.5) is 0 Å². The summed E-state index contributed by atoms with van der Waals surface area (Å²) >= 11 is 7.92. The molecule has 2 aliphatic carbocycles. The minimum absolute atomic E-state index is 0.0146. The van der Waals surface area contributed by atoms with Gasteiger partial charge in [0.15, 0.2) is 0 Å². The molecule has 0 radical (unpaired) electrons. The highest BCUT2D eigenvalue weighted by molar-refractivity contribution is 9.11. The van der Waals surface area contributed by atoms with Crippen LogP contribution in [0.5, 0.6) is 0 Å². The summed E-state index contributed by atoms with van der Waals surface area (Å²) in [6, 6.07) is 37.9. The fourth-order valence-electron chi connectivity index (χ4n) is 15.6. The molecule has 86 heavy (non-hydrogen) atoms. The van der Waals surface area contributed by atoms with Crippen molar-refractivity contribution < 1.29 is 0 Å². The summed E-state index contributed by atoms with van der Waals surface area (Å²) in [5.41, 5.74) is 17.8. The van der Waals surface area contributed by atoms with Crippen LogP contribution in [0.2, 0.25) is 0 Å². The zero-order chi connectivity index (χ0) is 60.1. The van der Waals surface area contributed by atoms with Crippen LogP contribution in [0.25, 0.3) is 55.8 Å². The summed E-state index contributed by atoms with van der Waals surface area (Å²) in [7, 11) is 0. The van der Waals surface area contributed by atoms with Gasteiger partial charge in [-0.15, -0.1) is 0 Å². The number of fused-ring (bicyclic) bond motifs is 7. The Morgan fingerprint density at radius 1 is 0.267 bits per heavy atom. The molecule has 1 aromatic heterocycles. The standard InChI is InChI=1S/C82H116Br2N2/c1-5-9-13-15-17-19-21-23-25-27-29-31-33-35-37-39-41-47-61-82(62-48-42-40-38-36-34-32-30-28-26-24-22-20-18-16-14-10-6-2)72-52-46-44-50-68(72)70-56-54-66(64-74(70)82)78-77(85-79-75(83)57-58-76(84)80(79)86-78)65-53-55-69-67-49-43-45-51-71(67)81(59-11-7-3,60-12-8-4)73(69)63-65/h43-46,49-58,63-64H,5-42,47-48,59-62H2,1-4H3. The number of hydrogen-bond donors (Lipinski definition) is 0. The van der Waals surface area contributed by atoms with Crippen molar-refractivity contribution in [1.82, 2.24) is 9.97 Å². The maximum atomic E-state index is 5.74. The quantitative estimate of drug-likeness (QED) is 0.0356. The Labute approximate surface area is 543 Å². The van der Waals surface area contributed by atoms with Crippen molar-refractivity contribution >= 4 is 42.9 Å². The van der Waals surface area contributed by atoms with Gasteiger partial charge in [-0.05, 0) is 126 Å². The molecule has 0 aliphatic heterocycles. The summed E-state index contributed by atoms with van der Waals surface area (Å²) in [4.78, 5) is 11.5. The van der Waals surface area contributed by atoms with E-state index in [1.54, 1.807) is 5.56 Å². The first-order valence-corrected chi connectivity index (χ1v) is 38.1. The largest absolute Gasteiger partial charge is 0.243 e. The molecule has 4 heteroatoms. The van der Waals surface area contributed by atoms with E-state index in [9.17, 15) is 0 Å². The maximum absolute atomic E-state index is 5.74. The first kappa shape index (κ1) is 68.3. The highest BCUT2D eigenvalue weighted by atomic mass is 79.9. The van der Waals surface area contributed by atoms with E-state index >= 15 is 0 Å². The van der Waals surface area contributed by atoms with E-state index in [0.29, 0.717) is 0 Å². The molecular weight excluding hydrogens is 1170 g/mol. The van der Waals surface area contributed by atoms with Crippen molar-refractivity contribution in [2.45, 2.75) is 321 Å². The van der Waals surface area contributed by atoms with Crippen LogP contribution in [-0.2, 0) is 10.8 Å². The van der Waals surface area contributed by atoms with Crippen LogP contribution < -0.4 is 0 Å². The van der Waals surface area contributed by atoms with Gasteiger partial charge < -0.3 is 0 Å². The molecule has 2 nitrogen and oxygen atoms in total. The van der Waals surface area contributed by atoms with Crippen molar-refractivity contribution in [2.24, 2.45) is 0 Å². The molecule has 0 N–H and O–H groups in total. The molecule has 2 aliphatic rings. The molecule has 0 amide bonds. The molecule has 6 aromatic rings. The van der Waals surface area contributed by atoms with E-state index in [1.165, 1.54) is 314 Å². The topological polar surface area (TPSA) is 25.8 Å². The van der Waals surface area contributed by atoms with E-state index in [-0.39, 0.29) is 10.8 Å². The van der Waals surface area contributed by atoms with E-state index < -0.39 is 0 Å². The third-order valence-electron chi connectivity index (χ3n) is 20.6. The predicted molar refractivity (Wildman–Crippen MR) is 384 cm³/mol. The third kappa shape index (κ3) is 18.5. The average molecular weight is 1290 g/mol. The number of rotatable bonds is 46. The summed E-state index contributed by atoms with van der Waals surface area (Å²) < 4.78 is 1.95. The SMILES string of the molecule is CCCCCCCCCCCCCCCCCCCCC1(CCCCCCCCCCCCCCCCCCCC)c2ccccc2-c2ccc(-c3nc4c(Br)ccc(Br)c4nc3-c3ccc4c(c3)C(CCCC)(CCCC)c3ccccc3-4)cc21. The van der Waals surface area contributed by atoms with Gasteiger partial charge >= 0.3 is 0 Å². The van der Waals surface area contributed by atoms with Gasteiger partial charge in [-0.1, -0.05) is 357 Å². The summed E-state index contributed by atoms with van der Waals surface area (Å²) in [6.07, 6.45) is 60.2. The fraction of sp³-hybridized carbons (Fsp3) is 0.610. The number of hydrogen-bond acceptors (Lipinski definition) is 2. The van der Waals surface area contributed by atoms with E-state index in [2.05, 4.69) is 157 Å². The molecule has 5 aromatic carbocycles. The molecule has 8 rings (SSSR count). The molecule has 0 atom stereocenters. The molecule has 0 unspecified atom stereocenters. The summed E-state index contributed by atoms with van der Waals surface area (Å²) in [5.74, 6) is 0. The maximum Gasteiger partial charge on any atom is 0.105 e. The highest BCUT2D eigenvalue weighted by Crippen LogP contribution is 2.57. The average Bonchev–Trinajstić information content (AvgIpc) is 2.81. The molecular formula is C82H116Br2N2. The zero-order valence-electron chi connectivity index (χ0n) is 55.0. The Bertz CT molecular complexity index is 2870. The van der Waals surface area contributed by atoms with Crippen LogP contribution >= 0.6 is 31.9 Å². The Hall–Kier alpha value is -3.60. The zero-order valence-corrected chi connectivity index (χ0v) is 58.2. The first-order chi connectivity index (χ1) is 42.4. The molecule has 0 bridgehead atoms. The van der Waals surface area contributed by atoms with E-state index in [4.69, 9.17) is 9.97 Å². The summed E-state index contributed by atoms with van der Waals surface area (Å²) in [6.45, 7) is 9.34. The Kier molecular flexibility index (Phi) is 29.8. The number of unbranched alkanes of at least 4 members (excludes halogenated alkanes) is 36. The Balaban J connectivity index is 0.997. The monoisotopic (exact) mass is 1290 g/mol. The molecule has 468 valence electrons. The van der Waals surface area contributed by atoms with Gasteiger partial charge in [0.2, 0.25) is 0 Å². The molecule has 0 spiro atoms. The lowest BCUT2D eigenvalue weighted by molar-refractivity contribution is 0.397. The van der Waals surface area contributed by atoms with Gasteiger partial charge in [0.25, 0.3) is 0 Å². The third-order valence-corrected chi connectivity index (χ3v) is 21.9. The smallest absolute Gasteiger partial charge is 0.105 e. The predicted octanol–water partition coefficient (Wildman–Crippen LogP) is 28.3. The molecule has 0 saturated carbocycles. The Morgan fingerprint density at radius 3 is 0.826 bits per heavy atom. The molecule has 0 saturated heterocycles.